The molecule has 2 heterocycles. The minimum absolute atomic E-state index is 0.915. The van der Waals surface area contributed by atoms with Crippen LogP contribution in [0.5, 0.6) is 0 Å². The normalized spacial score (nSPS) is 10.9. The molecule has 0 aliphatic rings. The largest absolute Gasteiger partial charge is 0.362 e. The van der Waals surface area contributed by atoms with Crippen LogP contribution in [0.25, 0.3) is 10.6 Å². The summed E-state index contributed by atoms with van der Waals surface area (Å²) in [6.07, 6.45) is 4.40. The molecule has 0 saturated heterocycles. The molecule has 2 rings (SSSR count). The van der Waals surface area contributed by atoms with Crippen LogP contribution >= 0.6 is 22.7 Å². The predicted molar refractivity (Wildman–Crippen MR) is 85.4 cm³/mol. The average molecular weight is 295 g/mol. The van der Waals surface area contributed by atoms with Gasteiger partial charge >= 0.3 is 0 Å². The molecule has 0 aliphatic heterocycles. The fraction of sp³-hybridized carbons (Fsp3) is 0.571. The summed E-state index contributed by atoms with van der Waals surface area (Å²) in [6.45, 7) is 7.41. The number of thiazole rings is 2. The Bertz CT molecular complexity index is 516. The minimum atomic E-state index is 0.915. The molecular weight excluding hydrogens is 274 g/mol. The Morgan fingerprint density at radius 1 is 1.11 bits per heavy atom. The van der Waals surface area contributed by atoms with Crippen molar-refractivity contribution in [1.82, 2.24) is 9.97 Å². The summed E-state index contributed by atoms with van der Waals surface area (Å²) in [4.78, 5) is 10.7. The van der Waals surface area contributed by atoms with E-state index in [1.165, 1.54) is 15.6 Å². The number of nitrogens with one attached hydrogen (secondary N) is 1. The maximum Gasteiger partial charge on any atom is 0.183 e. The Balaban J connectivity index is 2.29. The van der Waals surface area contributed by atoms with E-state index in [9.17, 15) is 0 Å². The highest BCUT2D eigenvalue weighted by Gasteiger charge is 2.14. The number of nitrogens with zero attached hydrogens (tertiary/aromatic N) is 2. The van der Waals surface area contributed by atoms with Crippen molar-refractivity contribution in [3.8, 4) is 10.6 Å². The quantitative estimate of drug-likeness (QED) is 0.811. The molecule has 0 atom stereocenters. The zero-order valence-corrected chi connectivity index (χ0v) is 13.5. The SMILES string of the molecule is CCCc1nc(CCC)c(-c2csc(NCC)n2)s1. The van der Waals surface area contributed by atoms with Gasteiger partial charge in [-0.3, -0.25) is 0 Å². The molecule has 0 bridgehead atoms. The summed E-state index contributed by atoms with van der Waals surface area (Å²) < 4.78 is 0. The fourth-order valence-electron chi connectivity index (χ4n) is 1.94. The van der Waals surface area contributed by atoms with Crippen LogP contribution in [0, 0.1) is 0 Å². The Labute approximate surface area is 123 Å². The second-order valence-corrected chi connectivity index (χ2v) is 6.39. The number of anilines is 1. The lowest BCUT2D eigenvalue weighted by molar-refractivity contribution is 0.858. The Morgan fingerprint density at radius 2 is 1.89 bits per heavy atom. The summed E-state index contributed by atoms with van der Waals surface area (Å²) >= 11 is 3.49. The molecule has 0 fully saturated rings. The summed E-state index contributed by atoms with van der Waals surface area (Å²) in [5, 5.41) is 7.67. The molecule has 0 amide bonds. The van der Waals surface area contributed by atoms with Gasteiger partial charge in [-0.1, -0.05) is 20.3 Å². The van der Waals surface area contributed by atoms with E-state index in [2.05, 4.69) is 36.5 Å². The lowest BCUT2D eigenvalue weighted by Crippen LogP contribution is -1.95. The zero-order valence-electron chi connectivity index (χ0n) is 11.8. The van der Waals surface area contributed by atoms with Gasteiger partial charge in [0.15, 0.2) is 5.13 Å². The number of aromatic nitrogens is 2. The number of aryl methyl sites for hydroxylation is 2. The summed E-state index contributed by atoms with van der Waals surface area (Å²) in [5.41, 5.74) is 2.31. The molecule has 0 saturated carbocycles. The minimum Gasteiger partial charge on any atom is -0.362 e. The molecule has 2 aromatic heterocycles. The third-order valence-electron chi connectivity index (χ3n) is 2.76. The van der Waals surface area contributed by atoms with E-state index >= 15 is 0 Å². The van der Waals surface area contributed by atoms with Gasteiger partial charge in [-0.15, -0.1) is 22.7 Å². The highest BCUT2D eigenvalue weighted by atomic mass is 32.1. The fourth-order valence-corrected chi connectivity index (χ4v) is 3.96. The van der Waals surface area contributed by atoms with E-state index in [4.69, 9.17) is 4.98 Å². The zero-order chi connectivity index (χ0) is 13.7. The predicted octanol–water partition coefficient (Wildman–Crippen LogP) is 4.60. The highest BCUT2D eigenvalue weighted by Crippen LogP contribution is 2.33. The first kappa shape index (κ1) is 14.5. The topological polar surface area (TPSA) is 37.8 Å². The van der Waals surface area contributed by atoms with Crippen LogP contribution in [0.3, 0.4) is 0 Å². The first-order valence-corrected chi connectivity index (χ1v) is 8.66. The third-order valence-corrected chi connectivity index (χ3v) is 4.74. The molecular formula is C14H21N3S2. The van der Waals surface area contributed by atoms with Crippen LogP contribution in [-0.4, -0.2) is 16.5 Å². The van der Waals surface area contributed by atoms with Gasteiger partial charge in [0.1, 0.15) is 0 Å². The second-order valence-electron chi connectivity index (χ2n) is 4.45. The Kier molecular flexibility index (Phi) is 5.34. The van der Waals surface area contributed by atoms with Crippen LogP contribution in [-0.2, 0) is 12.8 Å². The number of hydrogen-bond acceptors (Lipinski definition) is 5. The van der Waals surface area contributed by atoms with Crippen molar-refractivity contribution in [2.24, 2.45) is 0 Å². The van der Waals surface area contributed by atoms with Crippen molar-refractivity contribution in [3.05, 3.63) is 16.1 Å². The van der Waals surface area contributed by atoms with Crippen LogP contribution in [0.15, 0.2) is 5.38 Å². The maximum absolute atomic E-state index is 4.78. The monoisotopic (exact) mass is 295 g/mol. The van der Waals surface area contributed by atoms with Crippen LogP contribution < -0.4 is 5.32 Å². The van der Waals surface area contributed by atoms with Gasteiger partial charge < -0.3 is 5.32 Å². The van der Waals surface area contributed by atoms with E-state index in [1.54, 1.807) is 11.3 Å². The first-order valence-electron chi connectivity index (χ1n) is 6.96. The summed E-state index contributed by atoms with van der Waals surface area (Å²) in [7, 11) is 0. The standard InChI is InChI=1S/C14H21N3S2/c1-4-7-10-13(19-12(16-10)8-5-2)11-9-18-14(17-11)15-6-3/h9H,4-8H2,1-3H3,(H,15,17). The van der Waals surface area contributed by atoms with Gasteiger partial charge in [0.05, 0.1) is 21.3 Å². The number of hydrogen-bond donors (Lipinski definition) is 1. The lowest BCUT2D eigenvalue weighted by atomic mass is 10.2. The van der Waals surface area contributed by atoms with Gasteiger partial charge in [0.25, 0.3) is 0 Å². The van der Waals surface area contributed by atoms with Gasteiger partial charge in [0, 0.05) is 11.9 Å². The Morgan fingerprint density at radius 3 is 2.58 bits per heavy atom. The molecule has 0 aliphatic carbocycles. The first-order chi connectivity index (χ1) is 9.28. The Hall–Kier alpha value is -0.940. The second kappa shape index (κ2) is 7.01. The molecule has 3 nitrogen and oxygen atoms in total. The van der Waals surface area contributed by atoms with E-state index in [0.717, 1.165) is 43.1 Å². The van der Waals surface area contributed by atoms with E-state index in [0.29, 0.717) is 0 Å². The molecule has 0 spiro atoms. The van der Waals surface area contributed by atoms with E-state index < -0.39 is 0 Å². The molecule has 0 unspecified atom stereocenters. The lowest BCUT2D eigenvalue weighted by Gasteiger charge is -1.97. The smallest absolute Gasteiger partial charge is 0.183 e. The summed E-state index contributed by atoms with van der Waals surface area (Å²) in [5.74, 6) is 0. The third kappa shape index (κ3) is 3.54. The van der Waals surface area contributed by atoms with Gasteiger partial charge in [-0.05, 0) is 26.2 Å². The molecule has 0 radical (unpaired) electrons. The van der Waals surface area contributed by atoms with Crippen molar-refractivity contribution >= 4 is 27.8 Å². The van der Waals surface area contributed by atoms with Gasteiger partial charge in [0.2, 0.25) is 0 Å². The molecule has 19 heavy (non-hydrogen) atoms. The van der Waals surface area contributed by atoms with E-state index in [-0.39, 0.29) is 0 Å². The van der Waals surface area contributed by atoms with Crippen LogP contribution in [0.2, 0.25) is 0 Å². The molecule has 5 heteroatoms. The van der Waals surface area contributed by atoms with Crippen molar-refractivity contribution in [3.63, 3.8) is 0 Å². The molecule has 104 valence electrons. The number of rotatable bonds is 7. The van der Waals surface area contributed by atoms with Gasteiger partial charge in [-0.2, -0.15) is 0 Å². The molecule has 2 aromatic rings. The van der Waals surface area contributed by atoms with E-state index in [1.807, 2.05) is 11.3 Å². The molecule has 0 aromatic carbocycles. The van der Waals surface area contributed by atoms with Crippen molar-refractivity contribution < 1.29 is 0 Å². The summed E-state index contributed by atoms with van der Waals surface area (Å²) in [6, 6.07) is 0. The van der Waals surface area contributed by atoms with Crippen molar-refractivity contribution in [2.45, 2.75) is 46.5 Å². The average Bonchev–Trinajstić information content (AvgIpc) is 2.98. The van der Waals surface area contributed by atoms with Crippen molar-refractivity contribution in [1.29, 1.82) is 0 Å². The highest BCUT2D eigenvalue weighted by molar-refractivity contribution is 7.16. The van der Waals surface area contributed by atoms with Gasteiger partial charge in [-0.25, -0.2) is 9.97 Å². The van der Waals surface area contributed by atoms with Crippen LogP contribution in [0.1, 0.15) is 44.3 Å². The maximum atomic E-state index is 4.78. The molecule has 1 N–H and O–H groups in total. The van der Waals surface area contributed by atoms with Crippen molar-refractivity contribution in [2.75, 3.05) is 11.9 Å². The van der Waals surface area contributed by atoms with Crippen LogP contribution in [0.4, 0.5) is 5.13 Å².